The second-order valence-corrected chi connectivity index (χ2v) is 5.29. The molecule has 0 aromatic rings. The first-order chi connectivity index (χ1) is 10.7. The van der Waals surface area contributed by atoms with Crippen molar-refractivity contribution in [1.29, 1.82) is 0 Å². The van der Waals surface area contributed by atoms with Gasteiger partial charge in [0, 0.05) is 51.7 Å². The van der Waals surface area contributed by atoms with Crippen LogP contribution in [0.25, 0.3) is 0 Å². The minimum atomic E-state index is 0.750. The van der Waals surface area contributed by atoms with E-state index < -0.39 is 0 Å². The number of hydrazone groups is 2. The summed E-state index contributed by atoms with van der Waals surface area (Å²) in [6, 6.07) is 0. The largest absolute Gasteiger partial charge is 0.323 e. The third-order valence-corrected chi connectivity index (χ3v) is 3.52. The molecule has 124 valence electrons. The summed E-state index contributed by atoms with van der Waals surface area (Å²) in [5, 5.41) is 7.11. The van der Waals surface area contributed by atoms with Crippen LogP contribution < -0.4 is 11.7 Å². The first kappa shape index (κ1) is 18.2. The molecule has 0 bridgehead atoms. The van der Waals surface area contributed by atoms with Gasteiger partial charge in [-0.25, -0.2) is 0 Å². The Morgan fingerprint density at radius 3 is 1.50 bits per heavy atom. The van der Waals surface area contributed by atoms with Crippen molar-refractivity contribution in [2.75, 3.05) is 52.4 Å². The summed E-state index contributed by atoms with van der Waals surface area (Å²) >= 11 is 0. The molecular weight excluding hydrogens is 280 g/mol. The quantitative estimate of drug-likeness (QED) is 0.355. The van der Waals surface area contributed by atoms with Crippen LogP contribution >= 0.6 is 0 Å². The van der Waals surface area contributed by atoms with Gasteiger partial charge < -0.3 is 11.7 Å². The first-order valence-corrected chi connectivity index (χ1v) is 7.59. The van der Waals surface area contributed by atoms with Crippen LogP contribution in [-0.2, 0) is 0 Å². The van der Waals surface area contributed by atoms with Gasteiger partial charge in [-0.1, -0.05) is 0 Å². The van der Waals surface area contributed by atoms with Crippen molar-refractivity contribution in [3.63, 3.8) is 0 Å². The summed E-state index contributed by atoms with van der Waals surface area (Å²) in [4.78, 5) is 13.5. The van der Waals surface area contributed by atoms with Crippen LogP contribution in [-0.4, -0.2) is 86.0 Å². The van der Waals surface area contributed by atoms with Gasteiger partial charge in [-0.05, 0) is 13.8 Å². The van der Waals surface area contributed by atoms with Crippen molar-refractivity contribution < 1.29 is 0 Å². The summed E-state index contributed by atoms with van der Waals surface area (Å²) in [6.45, 7) is 11.5. The molecule has 8 heteroatoms. The molecule has 0 aromatic carbocycles. The molecule has 0 radical (unpaired) electrons. The standard InChI is InChI=1S/C14H28N8/c1-13(19-15)11-17-3-5-21-7-9-22(10-8-21)6-4-18-12-14(2)20-16/h11-12H,3-10,15-16H2,1-2H3. The molecule has 1 heterocycles. The van der Waals surface area contributed by atoms with Gasteiger partial charge in [0.15, 0.2) is 0 Å². The lowest BCUT2D eigenvalue weighted by Gasteiger charge is -2.34. The first-order valence-electron chi connectivity index (χ1n) is 7.59. The van der Waals surface area contributed by atoms with Crippen LogP contribution in [0.1, 0.15) is 13.8 Å². The molecule has 1 aliphatic heterocycles. The number of piperazine rings is 1. The highest BCUT2D eigenvalue weighted by molar-refractivity contribution is 6.29. The van der Waals surface area contributed by atoms with Gasteiger partial charge in [-0.2, -0.15) is 10.2 Å². The number of rotatable bonds is 8. The lowest BCUT2D eigenvalue weighted by atomic mass is 10.3. The zero-order chi connectivity index (χ0) is 16.2. The molecule has 0 unspecified atom stereocenters. The second-order valence-electron chi connectivity index (χ2n) is 5.29. The molecule has 0 saturated carbocycles. The third-order valence-electron chi connectivity index (χ3n) is 3.52. The predicted octanol–water partition coefficient (Wildman–Crippen LogP) is -0.585. The summed E-state index contributed by atoms with van der Waals surface area (Å²) in [5.74, 6) is 10.3. The molecule has 1 rings (SSSR count). The van der Waals surface area contributed by atoms with Crippen molar-refractivity contribution >= 4 is 23.9 Å². The molecule has 0 spiro atoms. The maximum atomic E-state index is 5.14. The number of nitrogens with zero attached hydrogens (tertiary/aromatic N) is 6. The molecule has 0 amide bonds. The minimum absolute atomic E-state index is 0.750. The number of nitrogens with two attached hydrogens (primary N) is 2. The van der Waals surface area contributed by atoms with Crippen molar-refractivity contribution in [3.8, 4) is 0 Å². The molecule has 1 fully saturated rings. The fraction of sp³-hybridized carbons (Fsp3) is 0.714. The molecule has 1 aliphatic rings. The average Bonchev–Trinajstić information content (AvgIpc) is 2.56. The van der Waals surface area contributed by atoms with Gasteiger partial charge in [0.1, 0.15) is 0 Å². The van der Waals surface area contributed by atoms with Crippen molar-refractivity contribution in [2.24, 2.45) is 31.9 Å². The van der Waals surface area contributed by atoms with Crippen LogP contribution in [0.5, 0.6) is 0 Å². The van der Waals surface area contributed by atoms with Crippen LogP contribution in [0.2, 0.25) is 0 Å². The number of hydrogen-bond acceptors (Lipinski definition) is 8. The van der Waals surface area contributed by atoms with Crippen LogP contribution in [0.3, 0.4) is 0 Å². The van der Waals surface area contributed by atoms with E-state index in [1.807, 2.05) is 13.8 Å². The van der Waals surface area contributed by atoms with Crippen molar-refractivity contribution in [2.45, 2.75) is 13.8 Å². The Morgan fingerprint density at radius 1 is 0.818 bits per heavy atom. The number of hydrogen-bond donors (Lipinski definition) is 2. The Kier molecular flexibility index (Phi) is 9.01. The van der Waals surface area contributed by atoms with Gasteiger partial charge in [-0.15, -0.1) is 0 Å². The monoisotopic (exact) mass is 308 g/mol. The van der Waals surface area contributed by atoms with Gasteiger partial charge in [0.05, 0.1) is 24.5 Å². The second kappa shape index (κ2) is 10.9. The van der Waals surface area contributed by atoms with E-state index in [0.717, 1.165) is 63.8 Å². The van der Waals surface area contributed by atoms with E-state index in [4.69, 9.17) is 11.7 Å². The lowest BCUT2D eigenvalue weighted by Crippen LogP contribution is -2.47. The van der Waals surface area contributed by atoms with E-state index >= 15 is 0 Å². The minimum Gasteiger partial charge on any atom is -0.323 e. The Hall–Kier alpha value is -1.80. The predicted molar refractivity (Wildman–Crippen MR) is 94.2 cm³/mol. The molecule has 0 aromatic heterocycles. The van der Waals surface area contributed by atoms with Crippen LogP contribution in [0.15, 0.2) is 20.2 Å². The summed E-state index contributed by atoms with van der Waals surface area (Å²) in [6.07, 6.45) is 3.45. The van der Waals surface area contributed by atoms with Crippen LogP contribution in [0.4, 0.5) is 0 Å². The van der Waals surface area contributed by atoms with Gasteiger partial charge in [0.2, 0.25) is 0 Å². The molecule has 0 atom stereocenters. The number of aliphatic imine (C=N–C) groups is 2. The maximum absolute atomic E-state index is 5.14. The fourth-order valence-corrected chi connectivity index (χ4v) is 2.09. The normalized spacial score (nSPS) is 19.5. The Bertz CT molecular complexity index is 379. The Morgan fingerprint density at radius 2 is 1.18 bits per heavy atom. The fourth-order valence-electron chi connectivity index (χ4n) is 2.09. The highest BCUT2D eigenvalue weighted by Gasteiger charge is 2.15. The average molecular weight is 308 g/mol. The molecular formula is C14H28N8. The van der Waals surface area contributed by atoms with E-state index in [9.17, 15) is 0 Å². The molecule has 8 nitrogen and oxygen atoms in total. The van der Waals surface area contributed by atoms with Crippen molar-refractivity contribution in [1.82, 2.24) is 9.80 Å². The summed E-state index contributed by atoms with van der Waals surface area (Å²) < 4.78 is 0. The summed E-state index contributed by atoms with van der Waals surface area (Å²) in [5.41, 5.74) is 1.50. The lowest BCUT2D eigenvalue weighted by molar-refractivity contribution is 0.138. The zero-order valence-corrected chi connectivity index (χ0v) is 13.6. The highest BCUT2D eigenvalue weighted by atomic mass is 15.3. The van der Waals surface area contributed by atoms with E-state index in [0.29, 0.717) is 0 Å². The van der Waals surface area contributed by atoms with E-state index in [1.165, 1.54) is 0 Å². The molecule has 4 N–H and O–H groups in total. The Labute approximate surface area is 132 Å². The van der Waals surface area contributed by atoms with Crippen molar-refractivity contribution in [3.05, 3.63) is 0 Å². The molecule has 22 heavy (non-hydrogen) atoms. The third kappa shape index (κ3) is 7.84. The van der Waals surface area contributed by atoms with Crippen LogP contribution in [0, 0.1) is 0 Å². The topological polar surface area (TPSA) is 108 Å². The SMILES string of the molecule is CC(C=NCCN1CCN(CCN=CC(C)=NN)CC1)=NN. The van der Waals surface area contributed by atoms with E-state index in [2.05, 4.69) is 30.0 Å². The van der Waals surface area contributed by atoms with Gasteiger partial charge in [0.25, 0.3) is 0 Å². The highest BCUT2D eigenvalue weighted by Crippen LogP contribution is 2.01. The van der Waals surface area contributed by atoms with Gasteiger partial charge in [-0.3, -0.25) is 19.8 Å². The Balaban J connectivity index is 2.13. The molecule has 1 saturated heterocycles. The van der Waals surface area contributed by atoms with Gasteiger partial charge >= 0.3 is 0 Å². The maximum Gasteiger partial charge on any atom is 0.0747 e. The van der Waals surface area contributed by atoms with E-state index in [-0.39, 0.29) is 0 Å². The zero-order valence-electron chi connectivity index (χ0n) is 13.6. The smallest absolute Gasteiger partial charge is 0.0747 e. The molecule has 0 aliphatic carbocycles. The van der Waals surface area contributed by atoms with E-state index in [1.54, 1.807) is 12.4 Å². The summed E-state index contributed by atoms with van der Waals surface area (Å²) in [7, 11) is 0.